The van der Waals surface area contributed by atoms with Crippen LogP contribution in [0.25, 0.3) is 0 Å². The molecular weight excluding hydrogens is 300 g/mol. The van der Waals surface area contributed by atoms with Gasteiger partial charge >= 0.3 is 0 Å². The summed E-state index contributed by atoms with van der Waals surface area (Å²) in [5.74, 6) is 0. The van der Waals surface area contributed by atoms with Crippen molar-refractivity contribution in [3.8, 4) is 0 Å². The van der Waals surface area contributed by atoms with Crippen LogP contribution in [0.15, 0.2) is 30.7 Å². The van der Waals surface area contributed by atoms with Gasteiger partial charge < -0.3 is 19.9 Å². The monoisotopic (exact) mass is 320 g/mol. The quantitative estimate of drug-likeness (QED) is 0.889. The number of halogens is 1. The van der Waals surface area contributed by atoms with Crippen molar-refractivity contribution in [2.45, 2.75) is 19.5 Å². The molecule has 0 amide bonds. The van der Waals surface area contributed by atoms with Crippen LogP contribution in [0.1, 0.15) is 24.2 Å². The van der Waals surface area contributed by atoms with Gasteiger partial charge in [0.05, 0.1) is 25.2 Å². The highest BCUT2D eigenvalue weighted by Gasteiger charge is 2.16. The molecular formula is C16H21ClN4O. The summed E-state index contributed by atoms with van der Waals surface area (Å²) < 4.78 is 5.44. The Balaban J connectivity index is 1.72. The van der Waals surface area contributed by atoms with Crippen molar-refractivity contribution >= 4 is 17.3 Å². The molecule has 1 aliphatic heterocycles. The van der Waals surface area contributed by atoms with E-state index in [0.717, 1.165) is 43.6 Å². The number of hydrogen-bond acceptors (Lipinski definition) is 4. The predicted molar refractivity (Wildman–Crippen MR) is 88.3 cm³/mol. The first-order valence-electron chi connectivity index (χ1n) is 7.57. The molecule has 1 aromatic carbocycles. The van der Waals surface area contributed by atoms with Gasteiger partial charge in [0.25, 0.3) is 0 Å². The second-order valence-corrected chi connectivity index (χ2v) is 5.92. The summed E-state index contributed by atoms with van der Waals surface area (Å²) >= 11 is 6.18. The maximum absolute atomic E-state index is 6.18. The maximum atomic E-state index is 6.18. The Kier molecular flexibility index (Phi) is 4.97. The van der Waals surface area contributed by atoms with E-state index < -0.39 is 0 Å². The lowest BCUT2D eigenvalue weighted by molar-refractivity contribution is 0.122. The number of H-pyrrole nitrogens is 1. The minimum Gasteiger partial charge on any atom is -0.378 e. The molecule has 1 aliphatic rings. The van der Waals surface area contributed by atoms with E-state index >= 15 is 0 Å². The van der Waals surface area contributed by atoms with Crippen LogP contribution in [-0.2, 0) is 11.3 Å². The predicted octanol–water partition coefficient (Wildman–Crippen LogP) is 2.75. The largest absolute Gasteiger partial charge is 0.378 e. The van der Waals surface area contributed by atoms with E-state index in [1.54, 1.807) is 6.33 Å². The molecule has 3 rings (SSSR count). The number of nitrogens with one attached hydrogen (secondary N) is 2. The molecule has 0 spiro atoms. The van der Waals surface area contributed by atoms with Crippen molar-refractivity contribution in [1.82, 2.24) is 15.3 Å². The number of nitrogens with zero attached hydrogens (tertiary/aromatic N) is 2. The highest BCUT2D eigenvalue weighted by atomic mass is 35.5. The Morgan fingerprint density at radius 3 is 2.95 bits per heavy atom. The Hall–Kier alpha value is -1.56. The van der Waals surface area contributed by atoms with E-state index in [2.05, 4.69) is 33.2 Å². The first-order chi connectivity index (χ1) is 10.7. The Morgan fingerprint density at radius 2 is 2.23 bits per heavy atom. The summed E-state index contributed by atoms with van der Waals surface area (Å²) in [7, 11) is 0. The van der Waals surface area contributed by atoms with Crippen molar-refractivity contribution < 1.29 is 4.74 Å². The standard InChI is InChI=1S/C16H21ClN4O/c1-12(15-10-18-11-20-15)19-9-13-8-14(17)2-3-16(13)21-4-6-22-7-5-21/h2-3,8,10-12,19H,4-7,9H2,1H3,(H,18,20). The average Bonchev–Trinajstić information content (AvgIpc) is 3.08. The smallest absolute Gasteiger partial charge is 0.0922 e. The number of imidazole rings is 1. The molecule has 0 bridgehead atoms. The van der Waals surface area contributed by atoms with E-state index in [9.17, 15) is 0 Å². The number of aromatic amines is 1. The van der Waals surface area contributed by atoms with E-state index in [1.165, 1.54) is 11.3 Å². The van der Waals surface area contributed by atoms with Gasteiger partial charge in [-0.05, 0) is 30.7 Å². The Bertz CT molecular complexity index is 596. The van der Waals surface area contributed by atoms with Crippen LogP contribution in [0, 0.1) is 0 Å². The van der Waals surface area contributed by atoms with Gasteiger partial charge in [-0.3, -0.25) is 0 Å². The highest BCUT2D eigenvalue weighted by molar-refractivity contribution is 6.30. The Labute approximate surface area is 135 Å². The first kappa shape index (κ1) is 15.3. The fraction of sp³-hybridized carbons (Fsp3) is 0.438. The molecule has 22 heavy (non-hydrogen) atoms. The fourth-order valence-electron chi connectivity index (χ4n) is 2.68. The van der Waals surface area contributed by atoms with Crippen LogP contribution >= 0.6 is 11.6 Å². The fourth-order valence-corrected chi connectivity index (χ4v) is 2.88. The summed E-state index contributed by atoms with van der Waals surface area (Å²) in [4.78, 5) is 9.56. The number of morpholine rings is 1. The van der Waals surface area contributed by atoms with Crippen LogP contribution in [0.4, 0.5) is 5.69 Å². The van der Waals surface area contributed by atoms with Gasteiger partial charge in [-0.25, -0.2) is 4.98 Å². The SMILES string of the molecule is CC(NCc1cc(Cl)ccc1N1CCOCC1)c1cnc[nH]1. The van der Waals surface area contributed by atoms with E-state index in [1.807, 2.05) is 18.3 Å². The van der Waals surface area contributed by atoms with Crippen molar-refractivity contribution in [2.75, 3.05) is 31.2 Å². The molecule has 2 aromatic rings. The molecule has 1 aromatic heterocycles. The molecule has 1 fully saturated rings. The number of rotatable bonds is 5. The molecule has 2 N–H and O–H groups in total. The lowest BCUT2D eigenvalue weighted by Crippen LogP contribution is -2.37. The second kappa shape index (κ2) is 7.13. The lowest BCUT2D eigenvalue weighted by Gasteiger charge is -2.31. The second-order valence-electron chi connectivity index (χ2n) is 5.48. The van der Waals surface area contributed by atoms with Crippen LogP contribution in [0.5, 0.6) is 0 Å². The third-order valence-electron chi connectivity index (χ3n) is 3.98. The van der Waals surface area contributed by atoms with Crippen molar-refractivity contribution in [3.63, 3.8) is 0 Å². The van der Waals surface area contributed by atoms with Gasteiger partial charge in [-0.1, -0.05) is 11.6 Å². The number of anilines is 1. The summed E-state index contributed by atoms with van der Waals surface area (Å²) in [6.07, 6.45) is 3.55. The molecule has 0 radical (unpaired) electrons. The van der Waals surface area contributed by atoms with E-state index in [0.29, 0.717) is 0 Å². The minimum absolute atomic E-state index is 0.207. The summed E-state index contributed by atoms with van der Waals surface area (Å²) in [5, 5.41) is 4.29. The zero-order chi connectivity index (χ0) is 15.4. The van der Waals surface area contributed by atoms with Gasteiger partial charge in [0, 0.05) is 42.6 Å². The number of aromatic nitrogens is 2. The number of benzene rings is 1. The molecule has 0 aliphatic carbocycles. The van der Waals surface area contributed by atoms with Gasteiger partial charge in [0.15, 0.2) is 0 Å². The number of ether oxygens (including phenoxy) is 1. The van der Waals surface area contributed by atoms with Gasteiger partial charge in [0.1, 0.15) is 0 Å². The van der Waals surface area contributed by atoms with Crippen LogP contribution in [0.2, 0.25) is 5.02 Å². The zero-order valence-corrected chi connectivity index (χ0v) is 13.4. The van der Waals surface area contributed by atoms with Crippen LogP contribution < -0.4 is 10.2 Å². The van der Waals surface area contributed by atoms with E-state index in [-0.39, 0.29) is 6.04 Å². The van der Waals surface area contributed by atoms with Gasteiger partial charge in [-0.2, -0.15) is 0 Å². The lowest BCUT2D eigenvalue weighted by atomic mass is 10.1. The van der Waals surface area contributed by atoms with Gasteiger partial charge in [-0.15, -0.1) is 0 Å². The molecule has 0 saturated carbocycles. The van der Waals surface area contributed by atoms with Crippen molar-refractivity contribution in [2.24, 2.45) is 0 Å². The number of hydrogen-bond donors (Lipinski definition) is 2. The van der Waals surface area contributed by atoms with Gasteiger partial charge in [0.2, 0.25) is 0 Å². The minimum atomic E-state index is 0.207. The van der Waals surface area contributed by atoms with Crippen LogP contribution in [-0.4, -0.2) is 36.3 Å². The summed E-state index contributed by atoms with van der Waals surface area (Å²) in [5.41, 5.74) is 3.52. The first-order valence-corrected chi connectivity index (χ1v) is 7.94. The summed E-state index contributed by atoms with van der Waals surface area (Å²) in [6.45, 7) is 6.27. The molecule has 6 heteroatoms. The molecule has 118 valence electrons. The van der Waals surface area contributed by atoms with Crippen molar-refractivity contribution in [3.05, 3.63) is 47.0 Å². The molecule has 1 saturated heterocycles. The van der Waals surface area contributed by atoms with E-state index in [4.69, 9.17) is 16.3 Å². The molecule has 1 atom stereocenters. The molecule has 1 unspecified atom stereocenters. The zero-order valence-electron chi connectivity index (χ0n) is 12.7. The maximum Gasteiger partial charge on any atom is 0.0922 e. The third-order valence-corrected chi connectivity index (χ3v) is 4.21. The topological polar surface area (TPSA) is 53.2 Å². The van der Waals surface area contributed by atoms with Crippen LogP contribution in [0.3, 0.4) is 0 Å². The molecule has 5 nitrogen and oxygen atoms in total. The Morgan fingerprint density at radius 1 is 1.41 bits per heavy atom. The normalized spacial score (nSPS) is 16.7. The average molecular weight is 321 g/mol. The molecule has 2 heterocycles. The third kappa shape index (κ3) is 3.61. The van der Waals surface area contributed by atoms with Crippen molar-refractivity contribution in [1.29, 1.82) is 0 Å². The summed E-state index contributed by atoms with van der Waals surface area (Å²) in [6, 6.07) is 6.30. The highest BCUT2D eigenvalue weighted by Crippen LogP contribution is 2.26.